The third kappa shape index (κ3) is 4.12. The highest BCUT2D eigenvalue weighted by Gasteiger charge is 2.38. The molecule has 1 aromatic rings. The molecule has 2 atom stereocenters. The van der Waals surface area contributed by atoms with Gasteiger partial charge < -0.3 is 15.4 Å². The Morgan fingerprint density at radius 3 is 2.37 bits per heavy atom. The molecule has 0 spiro atoms. The molecule has 27 heavy (non-hydrogen) atoms. The molecular formula is C19H29N3O4S. The summed E-state index contributed by atoms with van der Waals surface area (Å²) in [4.78, 5) is 15.1. The highest BCUT2D eigenvalue weighted by Crippen LogP contribution is 2.29. The van der Waals surface area contributed by atoms with Crippen LogP contribution in [-0.2, 0) is 14.8 Å². The summed E-state index contributed by atoms with van der Waals surface area (Å²) in [5.74, 6) is 1.04. The van der Waals surface area contributed by atoms with Gasteiger partial charge in [-0.1, -0.05) is 0 Å². The summed E-state index contributed by atoms with van der Waals surface area (Å²) in [5.41, 5.74) is 5.76. The first-order valence-corrected chi connectivity index (χ1v) is 11.0. The lowest BCUT2D eigenvalue weighted by atomic mass is 9.96. The lowest BCUT2D eigenvalue weighted by Crippen LogP contribution is -2.45. The molecule has 1 amide bonds. The van der Waals surface area contributed by atoms with Gasteiger partial charge in [-0.3, -0.25) is 4.79 Å². The molecule has 0 aromatic heterocycles. The summed E-state index contributed by atoms with van der Waals surface area (Å²) in [6.45, 7) is 4.13. The number of nitrogens with two attached hydrogens (primary N) is 1. The van der Waals surface area contributed by atoms with Crippen LogP contribution < -0.4 is 10.5 Å². The van der Waals surface area contributed by atoms with Gasteiger partial charge in [0.05, 0.1) is 12.0 Å². The Bertz CT molecular complexity index is 758. The van der Waals surface area contributed by atoms with Crippen LogP contribution in [0.5, 0.6) is 5.75 Å². The molecule has 2 aliphatic rings. The summed E-state index contributed by atoms with van der Waals surface area (Å²) >= 11 is 0. The number of methoxy groups -OCH3 is 1. The maximum atomic E-state index is 12.9. The molecule has 8 heteroatoms. The van der Waals surface area contributed by atoms with Crippen LogP contribution in [0, 0.1) is 11.8 Å². The number of carbonyl (C=O) groups is 1. The molecule has 1 aromatic carbocycles. The second-order valence-electron chi connectivity index (χ2n) is 7.53. The highest BCUT2D eigenvalue weighted by atomic mass is 32.2. The van der Waals surface area contributed by atoms with Gasteiger partial charge in [-0.25, -0.2) is 8.42 Å². The van der Waals surface area contributed by atoms with Crippen LogP contribution >= 0.6 is 0 Å². The second kappa shape index (κ2) is 8.16. The summed E-state index contributed by atoms with van der Waals surface area (Å²) in [7, 11) is -2.00. The fraction of sp³-hybridized carbons (Fsp3) is 0.632. The summed E-state index contributed by atoms with van der Waals surface area (Å²) in [5, 5.41) is 0. The van der Waals surface area contributed by atoms with Gasteiger partial charge in [0.2, 0.25) is 15.9 Å². The minimum absolute atomic E-state index is 0.105. The number of likely N-dealkylation sites (tertiary alicyclic amines) is 1. The quantitative estimate of drug-likeness (QED) is 0.811. The van der Waals surface area contributed by atoms with Crippen molar-refractivity contribution >= 4 is 15.9 Å². The monoisotopic (exact) mass is 395 g/mol. The van der Waals surface area contributed by atoms with Crippen molar-refractivity contribution in [1.82, 2.24) is 9.21 Å². The Morgan fingerprint density at radius 2 is 1.85 bits per heavy atom. The van der Waals surface area contributed by atoms with Gasteiger partial charge >= 0.3 is 0 Å². The van der Waals surface area contributed by atoms with E-state index in [2.05, 4.69) is 6.92 Å². The van der Waals surface area contributed by atoms with Crippen LogP contribution in [0.4, 0.5) is 0 Å². The minimum Gasteiger partial charge on any atom is -0.497 e. The lowest BCUT2D eigenvalue weighted by molar-refractivity contribution is -0.137. The first kappa shape index (κ1) is 20.1. The molecule has 0 bridgehead atoms. The molecule has 0 aliphatic carbocycles. The Morgan fingerprint density at radius 1 is 1.22 bits per heavy atom. The van der Waals surface area contributed by atoms with Crippen LogP contribution in [0.25, 0.3) is 0 Å². The number of ether oxygens (including phenoxy) is 1. The molecule has 2 unspecified atom stereocenters. The summed E-state index contributed by atoms with van der Waals surface area (Å²) in [6.07, 6.45) is 2.07. The maximum Gasteiger partial charge on any atom is 0.243 e. The van der Waals surface area contributed by atoms with Gasteiger partial charge in [-0.2, -0.15) is 4.31 Å². The zero-order valence-electron chi connectivity index (χ0n) is 16.0. The van der Waals surface area contributed by atoms with Crippen molar-refractivity contribution in [3.8, 4) is 5.75 Å². The van der Waals surface area contributed by atoms with Crippen molar-refractivity contribution in [1.29, 1.82) is 0 Å². The van der Waals surface area contributed by atoms with Gasteiger partial charge in [0, 0.05) is 31.6 Å². The van der Waals surface area contributed by atoms with Gasteiger partial charge in [-0.05, 0) is 62.9 Å². The Hall–Kier alpha value is -1.64. The predicted octanol–water partition coefficient (Wildman–Crippen LogP) is 1.29. The number of carbonyl (C=O) groups excluding carboxylic acids is 1. The Kier molecular flexibility index (Phi) is 6.08. The van der Waals surface area contributed by atoms with E-state index in [1.54, 1.807) is 31.4 Å². The average Bonchev–Trinajstić information content (AvgIpc) is 3.08. The molecule has 0 saturated carbocycles. The van der Waals surface area contributed by atoms with E-state index < -0.39 is 10.0 Å². The topological polar surface area (TPSA) is 92.9 Å². The van der Waals surface area contributed by atoms with E-state index >= 15 is 0 Å². The zero-order chi connectivity index (χ0) is 19.6. The zero-order valence-corrected chi connectivity index (χ0v) is 16.8. The van der Waals surface area contributed by atoms with Crippen LogP contribution in [0.2, 0.25) is 0 Å². The third-order valence-electron chi connectivity index (χ3n) is 5.78. The van der Waals surface area contributed by atoms with Crippen molar-refractivity contribution in [2.75, 3.05) is 33.3 Å². The minimum atomic E-state index is -3.54. The normalized spacial score (nSPS) is 24.9. The van der Waals surface area contributed by atoms with Crippen molar-refractivity contribution in [3.63, 3.8) is 0 Å². The molecule has 2 fully saturated rings. The Labute approximate surface area is 161 Å². The molecule has 3 rings (SSSR count). The molecule has 0 radical (unpaired) electrons. The van der Waals surface area contributed by atoms with Crippen molar-refractivity contribution in [2.24, 2.45) is 17.6 Å². The average molecular weight is 396 g/mol. The highest BCUT2D eigenvalue weighted by molar-refractivity contribution is 7.89. The van der Waals surface area contributed by atoms with Crippen LogP contribution in [-0.4, -0.2) is 62.9 Å². The molecule has 2 heterocycles. The van der Waals surface area contributed by atoms with Gasteiger partial charge in [0.25, 0.3) is 0 Å². The van der Waals surface area contributed by atoms with Crippen molar-refractivity contribution < 1.29 is 17.9 Å². The smallest absolute Gasteiger partial charge is 0.243 e. The number of amides is 1. The SMILES string of the molecule is COc1ccc(S(=O)(=O)N2CCC(C(=O)N3CC(CN)CC3C)CC2)cc1. The van der Waals surface area contributed by atoms with E-state index in [-0.39, 0.29) is 22.8 Å². The van der Waals surface area contributed by atoms with Crippen LogP contribution in [0.3, 0.4) is 0 Å². The molecular weight excluding hydrogens is 366 g/mol. The first-order valence-electron chi connectivity index (χ1n) is 9.51. The van der Waals surface area contributed by atoms with E-state index in [0.29, 0.717) is 44.1 Å². The largest absolute Gasteiger partial charge is 0.497 e. The number of sulfonamides is 1. The molecule has 150 valence electrons. The molecule has 2 aliphatic heterocycles. The lowest BCUT2D eigenvalue weighted by Gasteiger charge is -2.33. The van der Waals surface area contributed by atoms with Gasteiger partial charge in [0.1, 0.15) is 5.75 Å². The van der Waals surface area contributed by atoms with E-state index in [9.17, 15) is 13.2 Å². The van der Waals surface area contributed by atoms with E-state index in [1.807, 2.05) is 4.90 Å². The van der Waals surface area contributed by atoms with E-state index in [4.69, 9.17) is 10.5 Å². The van der Waals surface area contributed by atoms with E-state index in [0.717, 1.165) is 13.0 Å². The number of hydrogen-bond donors (Lipinski definition) is 1. The number of piperidine rings is 1. The molecule has 7 nitrogen and oxygen atoms in total. The fourth-order valence-corrected chi connectivity index (χ4v) is 5.56. The third-order valence-corrected chi connectivity index (χ3v) is 7.69. The van der Waals surface area contributed by atoms with Gasteiger partial charge in [0.15, 0.2) is 0 Å². The number of hydrogen-bond acceptors (Lipinski definition) is 5. The van der Waals surface area contributed by atoms with Crippen LogP contribution in [0.15, 0.2) is 29.2 Å². The first-order chi connectivity index (χ1) is 12.9. The fourth-order valence-electron chi connectivity index (χ4n) is 4.09. The predicted molar refractivity (Wildman–Crippen MR) is 103 cm³/mol. The second-order valence-corrected chi connectivity index (χ2v) is 9.47. The molecule has 2 N–H and O–H groups in total. The van der Waals surface area contributed by atoms with E-state index in [1.165, 1.54) is 4.31 Å². The van der Waals surface area contributed by atoms with Gasteiger partial charge in [-0.15, -0.1) is 0 Å². The van der Waals surface area contributed by atoms with Crippen LogP contribution in [0.1, 0.15) is 26.2 Å². The number of nitrogens with zero attached hydrogens (tertiary/aromatic N) is 2. The number of rotatable bonds is 5. The van der Waals surface area contributed by atoms with Crippen molar-refractivity contribution in [3.05, 3.63) is 24.3 Å². The standard InChI is InChI=1S/C19H29N3O4S/c1-14-11-15(12-20)13-22(14)19(23)16-7-9-21(10-8-16)27(24,25)18-5-3-17(26-2)4-6-18/h3-6,14-16H,7-13,20H2,1-2H3. The van der Waals surface area contributed by atoms with Crippen molar-refractivity contribution in [2.45, 2.75) is 37.1 Å². The maximum absolute atomic E-state index is 12.9. The number of benzene rings is 1. The summed E-state index contributed by atoms with van der Waals surface area (Å²) < 4.78 is 32.2. The molecule has 2 saturated heterocycles. The Balaban J connectivity index is 1.61. The summed E-state index contributed by atoms with van der Waals surface area (Å²) in [6, 6.07) is 6.62.